The number of imidazole rings is 1. The summed E-state index contributed by atoms with van der Waals surface area (Å²) < 4.78 is 2.28. The molecule has 0 fully saturated rings. The fourth-order valence-corrected chi connectivity index (χ4v) is 8.66. The molecule has 11 rings (SSSR count). The average Bonchev–Trinajstić information content (AvgIpc) is 3.68. The number of fused-ring (bicyclic) bond motifs is 4. The van der Waals surface area contributed by atoms with Crippen molar-refractivity contribution in [1.29, 1.82) is 0 Å². The lowest BCUT2D eigenvalue weighted by atomic mass is 9.83. The first kappa shape index (κ1) is 32.8. The zero-order valence-corrected chi connectivity index (χ0v) is 31.2. The Morgan fingerprint density at radius 2 is 0.789 bits per heavy atom. The van der Waals surface area contributed by atoms with Crippen molar-refractivity contribution in [3.8, 4) is 61.6 Å². The average molecular weight is 725 g/mol. The summed E-state index contributed by atoms with van der Waals surface area (Å²) in [6.45, 7) is 0. The Bertz CT molecular complexity index is 3250. The van der Waals surface area contributed by atoms with Crippen molar-refractivity contribution in [2.75, 3.05) is 0 Å². The fourth-order valence-electron chi connectivity index (χ4n) is 8.66. The second-order valence-electron chi connectivity index (χ2n) is 14.7. The number of hydrogen-bond acceptors (Lipinski definition) is 1. The molecule has 0 N–H and O–H groups in total. The van der Waals surface area contributed by atoms with E-state index in [4.69, 9.17) is 4.98 Å². The molecule has 10 aromatic carbocycles. The first-order chi connectivity index (χ1) is 28.3. The van der Waals surface area contributed by atoms with Gasteiger partial charge in [-0.2, -0.15) is 0 Å². The number of benzene rings is 10. The first-order valence-electron chi connectivity index (χ1n) is 19.5. The Morgan fingerprint density at radius 3 is 1.42 bits per heavy atom. The number of nitrogens with zero attached hydrogens (tertiary/aromatic N) is 2. The van der Waals surface area contributed by atoms with E-state index in [-0.39, 0.29) is 0 Å². The maximum absolute atomic E-state index is 5.11. The van der Waals surface area contributed by atoms with Crippen molar-refractivity contribution in [2.24, 2.45) is 0 Å². The molecule has 2 nitrogen and oxygen atoms in total. The molecule has 2 heteroatoms. The van der Waals surface area contributed by atoms with Crippen LogP contribution in [0.4, 0.5) is 0 Å². The third-order valence-electron chi connectivity index (χ3n) is 11.4. The fraction of sp³-hybridized carbons (Fsp3) is 0. The van der Waals surface area contributed by atoms with E-state index in [1.54, 1.807) is 0 Å². The van der Waals surface area contributed by atoms with Crippen molar-refractivity contribution < 1.29 is 0 Å². The van der Waals surface area contributed by atoms with Gasteiger partial charge in [0.15, 0.2) is 0 Å². The van der Waals surface area contributed by atoms with Crippen LogP contribution in [-0.2, 0) is 0 Å². The number of aromatic nitrogens is 2. The lowest BCUT2D eigenvalue weighted by molar-refractivity contribution is 1.10. The van der Waals surface area contributed by atoms with Crippen molar-refractivity contribution in [1.82, 2.24) is 9.55 Å². The van der Waals surface area contributed by atoms with E-state index in [0.29, 0.717) is 0 Å². The van der Waals surface area contributed by atoms with Gasteiger partial charge in [-0.1, -0.05) is 176 Å². The summed E-state index contributed by atoms with van der Waals surface area (Å²) in [7, 11) is 0. The number of hydrogen-bond donors (Lipinski definition) is 0. The van der Waals surface area contributed by atoms with Crippen LogP contribution in [0.5, 0.6) is 0 Å². The summed E-state index contributed by atoms with van der Waals surface area (Å²) in [4.78, 5) is 5.11. The molecule has 11 aromatic rings. The van der Waals surface area contributed by atoms with Crippen molar-refractivity contribution in [2.45, 2.75) is 0 Å². The molecule has 1 heterocycles. The van der Waals surface area contributed by atoms with E-state index in [2.05, 4.69) is 223 Å². The van der Waals surface area contributed by atoms with Crippen molar-refractivity contribution >= 4 is 43.4 Å². The molecule has 0 spiro atoms. The maximum atomic E-state index is 5.11. The number of rotatable bonds is 6. The van der Waals surface area contributed by atoms with Gasteiger partial charge in [-0.3, -0.25) is 4.57 Å². The second kappa shape index (κ2) is 13.6. The summed E-state index contributed by atoms with van der Waals surface area (Å²) >= 11 is 0. The van der Waals surface area contributed by atoms with Gasteiger partial charge in [0.25, 0.3) is 0 Å². The van der Waals surface area contributed by atoms with E-state index < -0.39 is 0 Å². The van der Waals surface area contributed by atoms with Crippen LogP contribution in [0.2, 0.25) is 0 Å². The van der Waals surface area contributed by atoms with E-state index in [1.165, 1.54) is 76.8 Å². The molecule has 0 atom stereocenters. The monoisotopic (exact) mass is 724 g/mol. The molecule has 0 amide bonds. The molecule has 0 bridgehead atoms. The first-order valence-corrected chi connectivity index (χ1v) is 19.5. The van der Waals surface area contributed by atoms with Gasteiger partial charge in [-0.05, 0) is 119 Å². The van der Waals surface area contributed by atoms with E-state index >= 15 is 0 Å². The summed E-state index contributed by atoms with van der Waals surface area (Å²) in [5.41, 5.74) is 13.9. The minimum Gasteiger partial charge on any atom is -0.292 e. The molecular weight excluding hydrogens is 689 g/mol. The van der Waals surface area contributed by atoms with Crippen molar-refractivity contribution in [3.63, 3.8) is 0 Å². The summed E-state index contributed by atoms with van der Waals surface area (Å²) in [5, 5.41) is 7.39. The standard InChI is InChI=1S/C55H36N2/c1-4-14-37(15-5-1)43-29-33-48-49(35-43)53(40-26-30-46(31-27-40)57-52-23-13-12-22-51(52)56-55(57)41-19-8-3-9-20-41)47-32-28-44(38-16-6-2-7-17-38)36-50(47)54(48)45-25-24-39-18-10-11-21-42(39)34-45/h1-36H. The summed E-state index contributed by atoms with van der Waals surface area (Å²) in [5.74, 6) is 0.932. The maximum Gasteiger partial charge on any atom is 0.145 e. The van der Waals surface area contributed by atoms with Crippen LogP contribution in [0, 0.1) is 0 Å². The topological polar surface area (TPSA) is 17.8 Å². The van der Waals surface area contributed by atoms with Crippen LogP contribution in [0.1, 0.15) is 0 Å². The Labute approximate surface area is 331 Å². The van der Waals surface area contributed by atoms with Gasteiger partial charge in [-0.25, -0.2) is 4.98 Å². The zero-order valence-electron chi connectivity index (χ0n) is 31.2. The normalized spacial score (nSPS) is 11.5. The smallest absolute Gasteiger partial charge is 0.145 e. The predicted octanol–water partition coefficient (Wildman–Crippen LogP) is 14.8. The molecule has 57 heavy (non-hydrogen) atoms. The van der Waals surface area contributed by atoms with Gasteiger partial charge in [0.2, 0.25) is 0 Å². The Kier molecular flexibility index (Phi) is 7.86. The third-order valence-corrected chi connectivity index (χ3v) is 11.4. The van der Waals surface area contributed by atoms with E-state index in [9.17, 15) is 0 Å². The third kappa shape index (κ3) is 5.70. The van der Waals surface area contributed by atoms with Crippen LogP contribution in [0.25, 0.3) is 105 Å². The number of para-hydroxylation sites is 2. The highest BCUT2D eigenvalue weighted by molar-refractivity contribution is 6.23. The molecule has 0 aliphatic carbocycles. The molecular formula is C55H36N2. The molecule has 0 aliphatic heterocycles. The SMILES string of the molecule is c1ccc(-c2ccc3c(-c4ccc5ccccc5c4)c4cc(-c5ccccc5)ccc4c(-c4ccc(-n5c(-c6ccccc6)nc6ccccc65)cc4)c3c2)cc1. The molecule has 1 aromatic heterocycles. The van der Waals surface area contributed by atoms with Gasteiger partial charge in [0.05, 0.1) is 11.0 Å². The molecule has 0 saturated heterocycles. The Morgan fingerprint density at radius 1 is 0.298 bits per heavy atom. The highest BCUT2D eigenvalue weighted by Gasteiger charge is 2.20. The Hall–Kier alpha value is -7.55. The highest BCUT2D eigenvalue weighted by Crippen LogP contribution is 2.46. The van der Waals surface area contributed by atoms with Crippen LogP contribution >= 0.6 is 0 Å². The predicted molar refractivity (Wildman–Crippen MR) is 241 cm³/mol. The van der Waals surface area contributed by atoms with Crippen LogP contribution in [0.15, 0.2) is 218 Å². The molecule has 0 aliphatic rings. The van der Waals surface area contributed by atoms with E-state index in [0.717, 1.165) is 28.1 Å². The van der Waals surface area contributed by atoms with Crippen LogP contribution in [0.3, 0.4) is 0 Å². The lowest BCUT2D eigenvalue weighted by Gasteiger charge is -2.20. The molecule has 266 valence electrons. The lowest BCUT2D eigenvalue weighted by Crippen LogP contribution is -1.98. The Balaban J connectivity index is 1.19. The van der Waals surface area contributed by atoms with Gasteiger partial charge >= 0.3 is 0 Å². The second-order valence-corrected chi connectivity index (χ2v) is 14.7. The van der Waals surface area contributed by atoms with Gasteiger partial charge < -0.3 is 0 Å². The summed E-state index contributed by atoms with van der Waals surface area (Å²) in [6, 6.07) is 79.1. The van der Waals surface area contributed by atoms with Gasteiger partial charge in [0.1, 0.15) is 5.82 Å². The van der Waals surface area contributed by atoms with Gasteiger partial charge in [0, 0.05) is 11.3 Å². The van der Waals surface area contributed by atoms with E-state index in [1.807, 2.05) is 0 Å². The molecule has 0 saturated carbocycles. The largest absolute Gasteiger partial charge is 0.292 e. The van der Waals surface area contributed by atoms with Gasteiger partial charge in [-0.15, -0.1) is 0 Å². The minimum absolute atomic E-state index is 0.932. The molecule has 0 unspecified atom stereocenters. The van der Waals surface area contributed by atoms with Crippen molar-refractivity contribution in [3.05, 3.63) is 218 Å². The summed E-state index contributed by atoms with van der Waals surface area (Å²) in [6.07, 6.45) is 0. The minimum atomic E-state index is 0.932. The van der Waals surface area contributed by atoms with Crippen LogP contribution in [-0.4, -0.2) is 9.55 Å². The quantitative estimate of drug-likeness (QED) is 0.156. The van der Waals surface area contributed by atoms with Crippen LogP contribution < -0.4 is 0 Å². The molecule has 0 radical (unpaired) electrons. The zero-order chi connectivity index (χ0) is 37.7. The highest BCUT2D eigenvalue weighted by atomic mass is 15.1.